The average molecular weight is 218 g/mol. The Morgan fingerprint density at radius 3 is 2.94 bits per heavy atom. The standard InChI is InChI=1S/C10H10N4O2/c15-8-4-2-1-3-7(8)5-9(16)13-10-11-6-12-14-10/h1-4,6,15H,5H2,(H2,11,12,13,14,16). The first-order valence-electron chi connectivity index (χ1n) is 4.68. The van der Waals surface area contributed by atoms with E-state index in [1.807, 2.05) is 0 Å². The first-order valence-corrected chi connectivity index (χ1v) is 4.68. The quantitative estimate of drug-likeness (QED) is 0.706. The van der Waals surface area contributed by atoms with Crippen LogP contribution in [0.25, 0.3) is 0 Å². The van der Waals surface area contributed by atoms with Crippen molar-refractivity contribution >= 4 is 11.9 Å². The van der Waals surface area contributed by atoms with Gasteiger partial charge in [-0.25, -0.2) is 5.10 Å². The fourth-order valence-corrected chi connectivity index (χ4v) is 1.28. The minimum Gasteiger partial charge on any atom is -0.508 e. The largest absolute Gasteiger partial charge is 0.508 e. The highest BCUT2D eigenvalue weighted by molar-refractivity contribution is 5.90. The van der Waals surface area contributed by atoms with Gasteiger partial charge >= 0.3 is 0 Å². The Balaban J connectivity index is 2.00. The predicted molar refractivity (Wildman–Crippen MR) is 56.8 cm³/mol. The number of phenols is 1. The molecule has 0 fully saturated rings. The fourth-order valence-electron chi connectivity index (χ4n) is 1.28. The van der Waals surface area contributed by atoms with Crippen LogP contribution in [0.15, 0.2) is 30.6 Å². The second-order valence-corrected chi connectivity index (χ2v) is 3.19. The Morgan fingerprint density at radius 2 is 2.25 bits per heavy atom. The van der Waals surface area contributed by atoms with Crippen LogP contribution < -0.4 is 5.32 Å². The topological polar surface area (TPSA) is 90.9 Å². The zero-order chi connectivity index (χ0) is 11.4. The van der Waals surface area contributed by atoms with Gasteiger partial charge in [0.15, 0.2) is 0 Å². The summed E-state index contributed by atoms with van der Waals surface area (Å²) in [7, 11) is 0. The molecule has 0 unspecified atom stereocenters. The lowest BCUT2D eigenvalue weighted by Crippen LogP contribution is -2.15. The Kier molecular flexibility index (Phi) is 2.81. The Bertz CT molecular complexity index is 481. The number of carbonyl (C=O) groups is 1. The number of aromatic hydroxyl groups is 1. The average Bonchev–Trinajstić information content (AvgIpc) is 2.74. The van der Waals surface area contributed by atoms with Crippen molar-refractivity contribution in [3.63, 3.8) is 0 Å². The normalized spacial score (nSPS) is 10.0. The van der Waals surface area contributed by atoms with Gasteiger partial charge in [0.05, 0.1) is 6.42 Å². The van der Waals surface area contributed by atoms with Crippen LogP contribution in [0.4, 0.5) is 5.95 Å². The molecule has 0 bridgehead atoms. The van der Waals surface area contributed by atoms with Gasteiger partial charge in [-0.05, 0) is 6.07 Å². The zero-order valence-electron chi connectivity index (χ0n) is 8.34. The monoisotopic (exact) mass is 218 g/mol. The van der Waals surface area contributed by atoms with Gasteiger partial charge in [0.2, 0.25) is 11.9 Å². The smallest absolute Gasteiger partial charge is 0.231 e. The molecule has 0 saturated heterocycles. The number of aromatic amines is 1. The number of amides is 1. The summed E-state index contributed by atoms with van der Waals surface area (Å²) < 4.78 is 0. The van der Waals surface area contributed by atoms with Crippen LogP contribution in [0.3, 0.4) is 0 Å². The lowest BCUT2D eigenvalue weighted by molar-refractivity contribution is -0.115. The number of nitrogens with zero attached hydrogens (tertiary/aromatic N) is 2. The number of hydrogen-bond acceptors (Lipinski definition) is 4. The number of phenolic OH excluding ortho intramolecular Hbond substituents is 1. The molecule has 1 heterocycles. The second-order valence-electron chi connectivity index (χ2n) is 3.19. The predicted octanol–water partition coefficient (Wildman–Crippen LogP) is 0.691. The zero-order valence-corrected chi connectivity index (χ0v) is 8.34. The van der Waals surface area contributed by atoms with Gasteiger partial charge in [0, 0.05) is 5.56 Å². The molecule has 0 radical (unpaired) electrons. The summed E-state index contributed by atoms with van der Waals surface area (Å²) >= 11 is 0. The molecule has 16 heavy (non-hydrogen) atoms. The summed E-state index contributed by atoms with van der Waals surface area (Å²) in [5.74, 6) is 0.133. The van der Waals surface area contributed by atoms with Gasteiger partial charge in [0.25, 0.3) is 0 Å². The van der Waals surface area contributed by atoms with Crippen molar-refractivity contribution in [1.29, 1.82) is 0 Å². The first-order chi connectivity index (χ1) is 7.75. The van der Waals surface area contributed by atoms with E-state index in [1.165, 1.54) is 12.4 Å². The molecule has 0 aliphatic carbocycles. The molecule has 0 aliphatic heterocycles. The van der Waals surface area contributed by atoms with E-state index in [2.05, 4.69) is 20.5 Å². The summed E-state index contributed by atoms with van der Waals surface area (Å²) in [4.78, 5) is 15.3. The molecule has 0 atom stereocenters. The highest BCUT2D eigenvalue weighted by Gasteiger charge is 2.08. The van der Waals surface area contributed by atoms with Crippen molar-refractivity contribution in [2.75, 3.05) is 5.32 Å². The number of rotatable bonds is 3. The minimum atomic E-state index is -0.266. The molecule has 1 aromatic heterocycles. The Morgan fingerprint density at radius 1 is 1.44 bits per heavy atom. The van der Waals surface area contributed by atoms with E-state index in [-0.39, 0.29) is 18.1 Å². The third-order valence-electron chi connectivity index (χ3n) is 2.02. The van der Waals surface area contributed by atoms with Crippen LogP contribution in [0, 0.1) is 0 Å². The lowest BCUT2D eigenvalue weighted by Gasteiger charge is -2.03. The molecule has 82 valence electrons. The van der Waals surface area contributed by atoms with Crippen molar-refractivity contribution in [3.05, 3.63) is 36.2 Å². The van der Waals surface area contributed by atoms with E-state index in [0.717, 1.165) is 0 Å². The van der Waals surface area contributed by atoms with E-state index >= 15 is 0 Å². The van der Waals surface area contributed by atoms with Gasteiger partial charge in [-0.1, -0.05) is 18.2 Å². The van der Waals surface area contributed by atoms with E-state index in [9.17, 15) is 9.90 Å². The summed E-state index contributed by atoms with van der Waals surface area (Å²) in [6, 6.07) is 6.69. The maximum absolute atomic E-state index is 11.5. The number of H-pyrrole nitrogens is 1. The second kappa shape index (κ2) is 4.43. The Hall–Kier alpha value is -2.37. The number of carbonyl (C=O) groups excluding carboxylic acids is 1. The third kappa shape index (κ3) is 2.35. The molecule has 2 aromatic rings. The molecule has 0 saturated carbocycles. The molecular weight excluding hydrogens is 208 g/mol. The van der Waals surface area contributed by atoms with Crippen molar-refractivity contribution in [2.45, 2.75) is 6.42 Å². The lowest BCUT2D eigenvalue weighted by atomic mass is 10.1. The van der Waals surface area contributed by atoms with Gasteiger partial charge in [-0.3, -0.25) is 10.1 Å². The molecule has 2 rings (SSSR count). The minimum absolute atomic E-state index is 0.0906. The fraction of sp³-hybridized carbons (Fsp3) is 0.100. The summed E-state index contributed by atoms with van der Waals surface area (Å²) in [5.41, 5.74) is 0.569. The summed E-state index contributed by atoms with van der Waals surface area (Å²) in [6.45, 7) is 0. The van der Waals surface area contributed by atoms with Crippen LogP contribution in [0.1, 0.15) is 5.56 Å². The van der Waals surface area contributed by atoms with Crippen LogP contribution in [0.2, 0.25) is 0 Å². The summed E-state index contributed by atoms with van der Waals surface area (Å²) in [5, 5.41) is 18.1. The number of hydrogen-bond donors (Lipinski definition) is 3. The highest BCUT2D eigenvalue weighted by atomic mass is 16.3. The number of benzene rings is 1. The van der Waals surface area contributed by atoms with Gasteiger partial charge in [-0.2, -0.15) is 10.1 Å². The van der Waals surface area contributed by atoms with E-state index < -0.39 is 0 Å². The van der Waals surface area contributed by atoms with Gasteiger partial charge < -0.3 is 5.11 Å². The molecule has 6 heteroatoms. The number of nitrogens with one attached hydrogen (secondary N) is 2. The highest BCUT2D eigenvalue weighted by Crippen LogP contribution is 2.16. The molecule has 0 spiro atoms. The van der Waals surface area contributed by atoms with Crippen LogP contribution >= 0.6 is 0 Å². The SMILES string of the molecule is O=C(Cc1ccccc1O)Nc1ncn[nH]1. The van der Waals surface area contributed by atoms with Gasteiger partial charge in [0.1, 0.15) is 12.1 Å². The van der Waals surface area contributed by atoms with Crippen molar-refractivity contribution in [1.82, 2.24) is 15.2 Å². The number of para-hydroxylation sites is 1. The number of anilines is 1. The maximum Gasteiger partial charge on any atom is 0.231 e. The van der Waals surface area contributed by atoms with Crippen LogP contribution in [0.5, 0.6) is 5.75 Å². The third-order valence-corrected chi connectivity index (χ3v) is 2.02. The molecule has 0 aliphatic rings. The number of aromatic nitrogens is 3. The first kappa shape index (κ1) is 10.2. The molecule has 6 nitrogen and oxygen atoms in total. The van der Waals surface area contributed by atoms with E-state index in [1.54, 1.807) is 18.2 Å². The molecule has 1 aromatic carbocycles. The van der Waals surface area contributed by atoms with Crippen molar-refractivity contribution in [2.24, 2.45) is 0 Å². The van der Waals surface area contributed by atoms with Crippen LogP contribution in [-0.2, 0) is 11.2 Å². The Labute approximate surface area is 91.3 Å². The van der Waals surface area contributed by atoms with Crippen molar-refractivity contribution in [3.8, 4) is 5.75 Å². The van der Waals surface area contributed by atoms with Crippen LogP contribution in [-0.4, -0.2) is 26.2 Å². The van der Waals surface area contributed by atoms with Crippen molar-refractivity contribution < 1.29 is 9.90 Å². The van der Waals surface area contributed by atoms with E-state index in [4.69, 9.17) is 0 Å². The maximum atomic E-state index is 11.5. The molecule has 1 amide bonds. The van der Waals surface area contributed by atoms with E-state index in [0.29, 0.717) is 11.5 Å². The van der Waals surface area contributed by atoms with Gasteiger partial charge in [-0.15, -0.1) is 0 Å². The summed E-state index contributed by atoms with van der Waals surface area (Å²) in [6.07, 6.45) is 1.39. The molecule has 3 N–H and O–H groups in total. The molecular formula is C10H10N4O2.